The Bertz CT molecular complexity index is 383. The number of rotatable bonds is 4. The van der Waals surface area contributed by atoms with Crippen molar-refractivity contribution in [1.82, 2.24) is 0 Å². The van der Waals surface area contributed by atoms with Crippen LogP contribution in [0.1, 0.15) is 58.4 Å². The van der Waals surface area contributed by atoms with Crippen LogP contribution in [-0.2, 0) is 6.42 Å². The second-order valence-electron chi connectivity index (χ2n) is 7.20. The Kier molecular flexibility index (Phi) is 4.90. The van der Waals surface area contributed by atoms with Crippen molar-refractivity contribution in [3.63, 3.8) is 0 Å². The fraction of sp³-hybridized carbons (Fsp3) is 0.667. The summed E-state index contributed by atoms with van der Waals surface area (Å²) in [5.41, 5.74) is 1.72. The maximum absolute atomic E-state index is 6.00. The van der Waals surface area contributed by atoms with Crippen molar-refractivity contribution in [2.75, 3.05) is 6.61 Å². The van der Waals surface area contributed by atoms with E-state index in [2.05, 4.69) is 45.0 Å². The molecule has 0 saturated heterocycles. The highest BCUT2D eigenvalue weighted by Gasteiger charge is 2.15. The molecule has 2 rings (SSSR count). The number of benzene rings is 1. The largest absolute Gasteiger partial charge is 0.493 e. The van der Waals surface area contributed by atoms with Gasteiger partial charge < -0.3 is 4.74 Å². The minimum Gasteiger partial charge on any atom is -0.493 e. The predicted molar refractivity (Wildman–Crippen MR) is 81.7 cm³/mol. The first kappa shape index (κ1) is 14.4. The fourth-order valence-electron chi connectivity index (χ4n) is 2.93. The summed E-state index contributed by atoms with van der Waals surface area (Å²) in [6.07, 6.45) is 7.99. The minimum absolute atomic E-state index is 0.335. The monoisotopic (exact) mass is 260 g/mol. The molecule has 1 nitrogen and oxygen atoms in total. The predicted octanol–water partition coefficient (Wildman–Crippen LogP) is 5.23. The molecule has 0 amide bonds. The normalized spacial score (nSPS) is 17.4. The molecule has 0 spiro atoms. The van der Waals surface area contributed by atoms with Crippen LogP contribution in [0, 0.1) is 11.3 Å². The number of ether oxygens (including phenoxy) is 1. The van der Waals surface area contributed by atoms with Crippen molar-refractivity contribution >= 4 is 0 Å². The zero-order valence-electron chi connectivity index (χ0n) is 12.7. The van der Waals surface area contributed by atoms with E-state index in [9.17, 15) is 0 Å². The first-order valence-corrected chi connectivity index (χ1v) is 7.75. The van der Waals surface area contributed by atoms with Crippen molar-refractivity contribution in [3.8, 4) is 5.75 Å². The Morgan fingerprint density at radius 1 is 1.11 bits per heavy atom. The summed E-state index contributed by atoms with van der Waals surface area (Å²) < 4.78 is 6.00. The van der Waals surface area contributed by atoms with Crippen LogP contribution in [0.3, 0.4) is 0 Å². The van der Waals surface area contributed by atoms with Gasteiger partial charge in [0.05, 0.1) is 6.61 Å². The average Bonchev–Trinajstić information content (AvgIpc) is 2.36. The molecule has 0 radical (unpaired) electrons. The van der Waals surface area contributed by atoms with Crippen molar-refractivity contribution in [3.05, 3.63) is 29.8 Å². The van der Waals surface area contributed by atoms with E-state index in [1.807, 2.05) is 0 Å². The Morgan fingerprint density at radius 3 is 2.53 bits per heavy atom. The first-order valence-electron chi connectivity index (χ1n) is 7.75. The van der Waals surface area contributed by atoms with Gasteiger partial charge >= 0.3 is 0 Å². The molecule has 1 aliphatic rings. The summed E-state index contributed by atoms with van der Waals surface area (Å²) in [6.45, 7) is 7.74. The third-order valence-electron chi connectivity index (χ3n) is 3.84. The molecule has 0 atom stereocenters. The molecule has 0 N–H and O–H groups in total. The SMILES string of the molecule is CC(C)(C)Cc1cccc(OCC2CCCCC2)c1. The van der Waals surface area contributed by atoms with Crippen molar-refractivity contribution < 1.29 is 4.74 Å². The second-order valence-corrected chi connectivity index (χ2v) is 7.20. The lowest BCUT2D eigenvalue weighted by atomic mass is 9.88. The van der Waals surface area contributed by atoms with Crippen LogP contribution in [-0.4, -0.2) is 6.61 Å². The zero-order chi connectivity index (χ0) is 13.7. The van der Waals surface area contributed by atoms with Crippen LogP contribution in [0.2, 0.25) is 0 Å². The van der Waals surface area contributed by atoms with Gasteiger partial charge in [0.2, 0.25) is 0 Å². The third kappa shape index (κ3) is 5.26. The van der Waals surface area contributed by atoms with E-state index in [0.29, 0.717) is 5.41 Å². The number of hydrogen-bond acceptors (Lipinski definition) is 1. The van der Waals surface area contributed by atoms with Crippen LogP contribution in [0.15, 0.2) is 24.3 Å². The van der Waals surface area contributed by atoms with Gasteiger partial charge in [-0.1, -0.05) is 52.2 Å². The van der Waals surface area contributed by atoms with Gasteiger partial charge in [-0.05, 0) is 48.3 Å². The van der Waals surface area contributed by atoms with E-state index in [1.165, 1.54) is 37.7 Å². The minimum atomic E-state index is 0.335. The molecule has 0 aromatic heterocycles. The molecule has 19 heavy (non-hydrogen) atoms. The molecular weight excluding hydrogens is 232 g/mol. The number of hydrogen-bond donors (Lipinski definition) is 0. The van der Waals surface area contributed by atoms with Crippen LogP contribution in [0.5, 0.6) is 5.75 Å². The van der Waals surface area contributed by atoms with Crippen molar-refractivity contribution in [1.29, 1.82) is 0 Å². The zero-order valence-corrected chi connectivity index (χ0v) is 12.7. The maximum Gasteiger partial charge on any atom is 0.119 e. The second kappa shape index (κ2) is 6.45. The molecular formula is C18H28O. The van der Waals surface area contributed by atoms with E-state index >= 15 is 0 Å². The highest BCUT2D eigenvalue weighted by molar-refractivity contribution is 5.29. The Labute approximate surface area is 118 Å². The summed E-state index contributed by atoms with van der Waals surface area (Å²) in [4.78, 5) is 0. The van der Waals surface area contributed by atoms with Gasteiger partial charge in [-0.2, -0.15) is 0 Å². The lowest BCUT2D eigenvalue weighted by molar-refractivity contribution is 0.208. The highest BCUT2D eigenvalue weighted by Crippen LogP contribution is 2.26. The summed E-state index contributed by atoms with van der Waals surface area (Å²) >= 11 is 0. The van der Waals surface area contributed by atoms with Crippen LogP contribution < -0.4 is 4.74 Å². The summed E-state index contributed by atoms with van der Waals surface area (Å²) in [5, 5.41) is 0. The van der Waals surface area contributed by atoms with E-state index in [4.69, 9.17) is 4.74 Å². The van der Waals surface area contributed by atoms with Crippen molar-refractivity contribution in [2.45, 2.75) is 59.3 Å². The third-order valence-corrected chi connectivity index (χ3v) is 3.84. The van der Waals surface area contributed by atoms with E-state index in [0.717, 1.165) is 24.7 Å². The van der Waals surface area contributed by atoms with Crippen molar-refractivity contribution in [2.24, 2.45) is 11.3 Å². The molecule has 106 valence electrons. The standard InChI is InChI=1S/C18H28O/c1-18(2,3)13-16-10-7-11-17(12-16)19-14-15-8-5-4-6-9-15/h7,10-12,15H,4-6,8-9,13-14H2,1-3H3. The lowest BCUT2D eigenvalue weighted by Gasteiger charge is -2.22. The molecule has 0 aliphatic heterocycles. The van der Waals surface area contributed by atoms with Crippen LogP contribution in [0.25, 0.3) is 0 Å². The van der Waals surface area contributed by atoms with Gasteiger partial charge in [-0.25, -0.2) is 0 Å². The average molecular weight is 260 g/mol. The Balaban J connectivity index is 1.87. The van der Waals surface area contributed by atoms with E-state index in [1.54, 1.807) is 0 Å². The first-order chi connectivity index (χ1) is 9.03. The van der Waals surface area contributed by atoms with E-state index < -0.39 is 0 Å². The molecule has 0 heterocycles. The van der Waals surface area contributed by atoms with Crippen LogP contribution >= 0.6 is 0 Å². The van der Waals surface area contributed by atoms with Gasteiger partial charge in [0, 0.05) is 0 Å². The molecule has 1 aromatic rings. The van der Waals surface area contributed by atoms with Gasteiger partial charge in [0.15, 0.2) is 0 Å². The van der Waals surface area contributed by atoms with E-state index in [-0.39, 0.29) is 0 Å². The highest BCUT2D eigenvalue weighted by atomic mass is 16.5. The Morgan fingerprint density at radius 2 is 1.84 bits per heavy atom. The van der Waals surface area contributed by atoms with Crippen LogP contribution in [0.4, 0.5) is 0 Å². The summed E-state index contributed by atoms with van der Waals surface area (Å²) in [6, 6.07) is 8.64. The quantitative estimate of drug-likeness (QED) is 0.720. The molecule has 0 bridgehead atoms. The topological polar surface area (TPSA) is 9.23 Å². The molecule has 1 aliphatic carbocycles. The Hall–Kier alpha value is -0.980. The lowest BCUT2D eigenvalue weighted by Crippen LogP contribution is -2.15. The smallest absolute Gasteiger partial charge is 0.119 e. The summed E-state index contributed by atoms with van der Waals surface area (Å²) in [5.74, 6) is 1.83. The summed E-state index contributed by atoms with van der Waals surface area (Å²) in [7, 11) is 0. The van der Waals surface area contributed by atoms with Gasteiger partial charge in [-0.3, -0.25) is 0 Å². The van der Waals surface area contributed by atoms with Gasteiger partial charge in [0.25, 0.3) is 0 Å². The van der Waals surface area contributed by atoms with Gasteiger partial charge in [0.1, 0.15) is 5.75 Å². The molecule has 1 heteroatoms. The molecule has 1 saturated carbocycles. The maximum atomic E-state index is 6.00. The molecule has 1 aromatic carbocycles. The fourth-order valence-corrected chi connectivity index (χ4v) is 2.93. The van der Waals surface area contributed by atoms with Gasteiger partial charge in [-0.15, -0.1) is 0 Å². The molecule has 1 fully saturated rings. The molecule has 0 unspecified atom stereocenters.